The maximum atomic E-state index is 4.40. The number of hydrogen-bond acceptors (Lipinski definition) is 3. The van der Waals surface area contributed by atoms with E-state index in [0.717, 1.165) is 29.7 Å². The highest BCUT2D eigenvalue weighted by Crippen LogP contribution is 2.39. The Morgan fingerprint density at radius 2 is 1.72 bits per heavy atom. The number of aryl methyl sites for hydroxylation is 2. The first-order valence-corrected chi connectivity index (χ1v) is 9.14. The van der Waals surface area contributed by atoms with E-state index in [0.29, 0.717) is 6.04 Å². The minimum Gasteiger partial charge on any atom is -0.342 e. The zero-order chi connectivity index (χ0) is 18.1. The molecule has 0 aliphatic rings. The topological polar surface area (TPSA) is 44.8 Å². The second kappa shape index (κ2) is 6.87. The third-order valence-electron chi connectivity index (χ3n) is 5.43. The first-order chi connectivity index (χ1) is 12.0. The Balaban J connectivity index is 2.32. The summed E-state index contributed by atoms with van der Waals surface area (Å²) in [6.07, 6.45) is 5.76. The van der Waals surface area contributed by atoms with Crippen LogP contribution in [0.4, 0.5) is 11.4 Å². The lowest BCUT2D eigenvalue weighted by Gasteiger charge is -2.36. The number of aromatic amines is 1. The van der Waals surface area contributed by atoms with Crippen LogP contribution in [0.5, 0.6) is 0 Å². The molecule has 0 radical (unpaired) electrons. The fraction of sp³-hybridized carbons (Fsp3) is 0.429. The number of H-pyrrole nitrogens is 1. The molecular weight excluding hydrogens is 308 g/mol. The number of rotatable bonds is 5. The number of fused-ring (bicyclic) bond motifs is 1. The van der Waals surface area contributed by atoms with Crippen molar-refractivity contribution in [2.45, 2.75) is 60.4 Å². The molecule has 0 aliphatic heterocycles. The van der Waals surface area contributed by atoms with Crippen molar-refractivity contribution in [2.75, 3.05) is 4.90 Å². The molecule has 0 bridgehead atoms. The van der Waals surface area contributed by atoms with Crippen molar-refractivity contribution in [2.24, 2.45) is 0 Å². The van der Waals surface area contributed by atoms with Crippen molar-refractivity contribution in [3.63, 3.8) is 0 Å². The Kier molecular flexibility index (Phi) is 4.80. The van der Waals surface area contributed by atoms with Crippen molar-refractivity contribution in [1.82, 2.24) is 15.0 Å². The predicted molar refractivity (Wildman–Crippen MR) is 106 cm³/mol. The Morgan fingerprint density at radius 3 is 2.40 bits per heavy atom. The minimum absolute atomic E-state index is 0.424. The molecule has 4 heteroatoms. The Morgan fingerprint density at radius 1 is 1.00 bits per heavy atom. The van der Waals surface area contributed by atoms with Crippen molar-refractivity contribution in [3.05, 3.63) is 46.9 Å². The van der Waals surface area contributed by atoms with Gasteiger partial charge in [0.2, 0.25) is 0 Å². The third kappa shape index (κ3) is 2.90. The van der Waals surface area contributed by atoms with Gasteiger partial charge in [-0.1, -0.05) is 19.9 Å². The summed E-state index contributed by atoms with van der Waals surface area (Å²) < 4.78 is 0. The van der Waals surface area contributed by atoms with Gasteiger partial charge < -0.3 is 9.88 Å². The van der Waals surface area contributed by atoms with Crippen LogP contribution in [-0.2, 0) is 0 Å². The molecule has 0 spiro atoms. The molecule has 2 heterocycles. The normalized spacial score (nSPS) is 11.5. The van der Waals surface area contributed by atoms with Crippen molar-refractivity contribution in [3.8, 4) is 0 Å². The summed E-state index contributed by atoms with van der Waals surface area (Å²) >= 11 is 0. The standard InChI is InChI=1S/C21H28N4/c1-7-17(8-2)25(18-9-10-22-21-19(18)23-12-24-21)20-14(4)11-13(3)15(5)16(20)6/h9-12,17H,7-8H2,1-6H3,(H,22,23,24). The van der Waals surface area contributed by atoms with Crippen LogP contribution in [0, 0.1) is 27.7 Å². The van der Waals surface area contributed by atoms with Crippen LogP contribution in [0.1, 0.15) is 48.9 Å². The summed E-state index contributed by atoms with van der Waals surface area (Å²) in [5, 5.41) is 0. The van der Waals surface area contributed by atoms with Gasteiger partial charge in [0, 0.05) is 17.9 Å². The van der Waals surface area contributed by atoms with Crippen LogP contribution in [0.15, 0.2) is 24.7 Å². The average molecular weight is 336 g/mol. The van der Waals surface area contributed by atoms with E-state index in [1.165, 1.54) is 27.9 Å². The van der Waals surface area contributed by atoms with Gasteiger partial charge in [-0.15, -0.1) is 0 Å². The molecule has 1 aromatic carbocycles. The number of aromatic nitrogens is 3. The zero-order valence-electron chi connectivity index (χ0n) is 16.1. The lowest BCUT2D eigenvalue weighted by molar-refractivity contribution is 0.609. The molecule has 0 saturated carbocycles. The molecule has 0 unspecified atom stereocenters. The predicted octanol–water partition coefficient (Wildman–Crippen LogP) is 5.52. The number of imidazole rings is 1. The van der Waals surface area contributed by atoms with Gasteiger partial charge in [0.25, 0.3) is 0 Å². The number of benzene rings is 1. The van der Waals surface area contributed by atoms with Gasteiger partial charge >= 0.3 is 0 Å². The number of pyridine rings is 1. The van der Waals surface area contributed by atoms with Crippen LogP contribution in [0.3, 0.4) is 0 Å². The van der Waals surface area contributed by atoms with E-state index >= 15 is 0 Å². The second-order valence-electron chi connectivity index (χ2n) is 6.88. The molecular formula is C21H28N4. The largest absolute Gasteiger partial charge is 0.342 e. The highest BCUT2D eigenvalue weighted by molar-refractivity contribution is 5.90. The third-order valence-corrected chi connectivity index (χ3v) is 5.43. The van der Waals surface area contributed by atoms with E-state index in [2.05, 4.69) is 73.5 Å². The molecule has 0 saturated heterocycles. The molecule has 25 heavy (non-hydrogen) atoms. The number of hydrogen-bond donors (Lipinski definition) is 1. The lowest BCUT2D eigenvalue weighted by atomic mass is 9.95. The molecule has 3 rings (SSSR count). The Bertz CT molecular complexity index is 890. The van der Waals surface area contributed by atoms with Crippen LogP contribution in [0.25, 0.3) is 11.2 Å². The molecule has 4 nitrogen and oxygen atoms in total. The highest BCUT2D eigenvalue weighted by Gasteiger charge is 2.24. The van der Waals surface area contributed by atoms with Gasteiger partial charge in [-0.05, 0) is 68.9 Å². The molecule has 132 valence electrons. The fourth-order valence-corrected chi connectivity index (χ4v) is 3.83. The van der Waals surface area contributed by atoms with E-state index in [1.807, 2.05) is 6.20 Å². The molecule has 0 fully saturated rings. The van der Waals surface area contributed by atoms with E-state index in [1.54, 1.807) is 6.33 Å². The SMILES string of the molecule is CCC(CC)N(c1c(C)cc(C)c(C)c1C)c1ccnc2nc[nH]c12. The Hall–Kier alpha value is -2.36. The summed E-state index contributed by atoms with van der Waals surface area (Å²) in [6.45, 7) is 13.4. The van der Waals surface area contributed by atoms with Gasteiger partial charge in [-0.3, -0.25) is 0 Å². The first kappa shape index (κ1) is 17.5. The van der Waals surface area contributed by atoms with E-state index in [4.69, 9.17) is 0 Å². The van der Waals surface area contributed by atoms with Gasteiger partial charge in [0.1, 0.15) is 5.52 Å². The summed E-state index contributed by atoms with van der Waals surface area (Å²) in [6, 6.07) is 4.83. The summed E-state index contributed by atoms with van der Waals surface area (Å²) in [4.78, 5) is 14.5. The van der Waals surface area contributed by atoms with Gasteiger partial charge in [0.15, 0.2) is 5.65 Å². The van der Waals surface area contributed by atoms with Crippen molar-refractivity contribution in [1.29, 1.82) is 0 Å². The van der Waals surface area contributed by atoms with Crippen molar-refractivity contribution < 1.29 is 0 Å². The summed E-state index contributed by atoms with van der Waals surface area (Å²) in [5.74, 6) is 0. The second-order valence-corrected chi connectivity index (χ2v) is 6.88. The number of nitrogens with zero attached hydrogens (tertiary/aromatic N) is 3. The van der Waals surface area contributed by atoms with E-state index < -0.39 is 0 Å². The highest BCUT2D eigenvalue weighted by atomic mass is 15.2. The number of nitrogens with one attached hydrogen (secondary N) is 1. The summed E-state index contributed by atoms with van der Waals surface area (Å²) in [7, 11) is 0. The average Bonchev–Trinajstić information content (AvgIpc) is 3.08. The van der Waals surface area contributed by atoms with Gasteiger partial charge in [-0.25, -0.2) is 9.97 Å². The molecule has 1 N–H and O–H groups in total. The maximum Gasteiger partial charge on any atom is 0.179 e. The van der Waals surface area contributed by atoms with Crippen LogP contribution < -0.4 is 4.90 Å². The molecule has 0 amide bonds. The quantitative estimate of drug-likeness (QED) is 0.667. The summed E-state index contributed by atoms with van der Waals surface area (Å²) in [5.41, 5.74) is 9.64. The maximum absolute atomic E-state index is 4.40. The molecule has 0 atom stereocenters. The van der Waals surface area contributed by atoms with Crippen LogP contribution in [0.2, 0.25) is 0 Å². The fourth-order valence-electron chi connectivity index (χ4n) is 3.83. The molecule has 2 aromatic heterocycles. The van der Waals surface area contributed by atoms with Crippen LogP contribution >= 0.6 is 0 Å². The van der Waals surface area contributed by atoms with Gasteiger partial charge in [0.05, 0.1) is 12.0 Å². The lowest BCUT2D eigenvalue weighted by Crippen LogP contribution is -2.31. The monoisotopic (exact) mass is 336 g/mol. The minimum atomic E-state index is 0.424. The van der Waals surface area contributed by atoms with Gasteiger partial charge in [-0.2, -0.15) is 0 Å². The molecule has 0 aliphatic carbocycles. The van der Waals surface area contributed by atoms with E-state index in [-0.39, 0.29) is 0 Å². The van der Waals surface area contributed by atoms with Crippen LogP contribution in [-0.4, -0.2) is 21.0 Å². The first-order valence-electron chi connectivity index (χ1n) is 9.14. The zero-order valence-corrected chi connectivity index (χ0v) is 16.1. The number of anilines is 2. The van der Waals surface area contributed by atoms with E-state index in [9.17, 15) is 0 Å². The van der Waals surface area contributed by atoms with Crippen molar-refractivity contribution >= 4 is 22.5 Å². The molecule has 3 aromatic rings. The smallest absolute Gasteiger partial charge is 0.179 e. The Labute approximate surface area is 150 Å².